The number of pyridine rings is 1. The highest BCUT2D eigenvalue weighted by molar-refractivity contribution is 5.76. The first-order valence-electron chi connectivity index (χ1n) is 7.61. The van der Waals surface area contributed by atoms with E-state index in [-0.39, 0.29) is 5.82 Å². The molecule has 0 unspecified atom stereocenters. The van der Waals surface area contributed by atoms with E-state index in [4.69, 9.17) is 0 Å². The highest BCUT2D eigenvalue weighted by Gasteiger charge is 2.10. The number of hydrogen-bond donors (Lipinski definition) is 1. The largest absolute Gasteiger partial charge is 0.318 e. The minimum absolute atomic E-state index is 0.306. The van der Waals surface area contributed by atoms with Crippen LogP contribution in [0, 0.1) is 5.82 Å². The lowest BCUT2D eigenvalue weighted by molar-refractivity contribution is 0.111. The number of aldehydes is 1. The highest BCUT2D eigenvalue weighted by atomic mass is 19.1. The van der Waals surface area contributed by atoms with Crippen LogP contribution in [0.3, 0.4) is 0 Å². The van der Waals surface area contributed by atoms with Crippen LogP contribution in [0.25, 0.3) is 22.5 Å². The molecule has 2 heterocycles. The van der Waals surface area contributed by atoms with Crippen molar-refractivity contribution in [2.24, 2.45) is 0 Å². The standard InChI is InChI=1S/C18H17FN4O/c1-20-7-8-23-16(12-24)11-18(22-23)14-5-6-21-17(10-14)13-3-2-4-15(19)9-13/h2-6,9-12,20H,7-8H2,1H3. The molecule has 0 saturated carbocycles. The summed E-state index contributed by atoms with van der Waals surface area (Å²) in [5.74, 6) is -0.306. The second-order valence-electron chi connectivity index (χ2n) is 5.34. The fourth-order valence-corrected chi connectivity index (χ4v) is 2.46. The van der Waals surface area contributed by atoms with E-state index in [0.29, 0.717) is 35.7 Å². The van der Waals surface area contributed by atoms with Crippen LogP contribution in [-0.2, 0) is 6.54 Å². The van der Waals surface area contributed by atoms with Crippen LogP contribution in [0.2, 0.25) is 0 Å². The summed E-state index contributed by atoms with van der Waals surface area (Å²) in [7, 11) is 1.85. The average Bonchev–Trinajstić information content (AvgIpc) is 3.03. The van der Waals surface area contributed by atoms with E-state index in [1.54, 1.807) is 29.1 Å². The van der Waals surface area contributed by atoms with Gasteiger partial charge in [0.25, 0.3) is 0 Å². The molecule has 0 spiro atoms. The summed E-state index contributed by atoms with van der Waals surface area (Å²) in [5.41, 5.74) is 3.39. The van der Waals surface area contributed by atoms with Crippen molar-refractivity contribution >= 4 is 6.29 Å². The SMILES string of the molecule is CNCCn1nc(-c2ccnc(-c3cccc(F)c3)c2)cc1C=O. The molecule has 0 amide bonds. The third kappa shape index (κ3) is 3.38. The van der Waals surface area contributed by atoms with Crippen molar-refractivity contribution in [2.45, 2.75) is 6.54 Å². The van der Waals surface area contributed by atoms with E-state index in [9.17, 15) is 9.18 Å². The molecule has 5 nitrogen and oxygen atoms in total. The van der Waals surface area contributed by atoms with Gasteiger partial charge in [-0.3, -0.25) is 14.5 Å². The van der Waals surface area contributed by atoms with Crippen molar-refractivity contribution in [2.75, 3.05) is 13.6 Å². The monoisotopic (exact) mass is 324 g/mol. The van der Waals surface area contributed by atoms with Crippen molar-refractivity contribution in [1.29, 1.82) is 0 Å². The number of carbonyl (C=O) groups is 1. The number of hydrogen-bond acceptors (Lipinski definition) is 4. The fraction of sp³-hybridized carbons (Fsp3) is 0.167. The minimum Gasteiger partial charge on any atom is -0.318 e. The summed E-state index contributed by atoms with van der Waals surface area (Å²) in [6, 6.07) is 11.7. The molecule has 122 valence electrons. The molecule has 0 aliphatic rings. The summed E-state index contributed by atoms with van der Waals surface area (Å²) in [6.07, 6.45) is 2.45. The maximum atomic E-state index is 13.4. The van der Waals surface area contributed by atoms with Crippen molar-refractivity contribution in [3.05, 3.63) is 60.2 Å². The summed E-state index contributed by atoms with van der Waals surface area (Å²) in [4.78, 5) is 15.5. The van der Waals surface area contributed by atoms with Crippen LogP contribution >= 0.6 is 0 Å². The van der Waals surface area contributed by atoms with Crippen LogP contribution < -0.4 is 5.32 Å². The zero-order valence-corrected chi connectivity index (χ0v) is 13.2. The number of halogens is 1. The van der Waals surface area contributed by atoms with Crippen molar-refractivity contribution in [1.82, 2.24) is 20.1 Å². The summed E-state index contributed by atoms with van der Waals surface area (Å²) < 4.78 is 15.1. The van der Waals surface area contributed by atoms with E-state index >= 15 is 0 Å². The number of likely N-dealkylation sites (N-methyl/N-ethyl adjacent to an activating group) is 1. The molecule has 1 aromatic carbocycles. The Balaban J connectivity index is 1.97. The zero-order chi connectivity index (χ0) is 16.9. The van der Waals surface area contributed by atoms with Gasteiger partial charge in [-0.25, -0.2) is 4.39 Å². The molecule has 3 aromatic rings. The first kappa shape index (κ1) is 16.0. The maximum absolute atomic E-state index is 13.4. The Labute approximate surface area is 139 Å². The van der Waals surface area contributed by atoms with Gasteiger partial charge in [0, 0.05) is 23.9 Å². The van der Waals surface area contributed by atoms with Crippen molar-refractivity contribution in [3.8, 4) is 22.5 Å². The predicted octanol–water partition coefficient (Wildman–Crippen LogP) is 2.78. The predicted molar refractivity (Wildman–Crippen MR) is 90.2 cm³/mol. The number of benzene rings is 1. The van der Waals surface area contributed by atoms with Crippen molar-refractivity contribution in [3.63, 3.8) is 0 Å². The van der Waals surface area contributed by atoms with Crippen LogP contribution in [0.5, 0.6) is 0 Å². The third-order valence-electron chi connectivity index (χ3n) is 3.68. The molecule has 3 rings (SSSR count). The Morgan fingerprint density at radius 2 is 2.00 bits per heavy atom. The van der Waals surface area contributed by atoms with Crippen LogP contribution in [-0.4, -0.2) is 34.6 Å². The number of nitrogens with one attached hydrogen (secondary N) is 1. The summed E-state index contributed by atoms with van der Waals surface area (Å²) in [6.45, 7) is 1.32. The number of rotatable bonds is 6. The summed E-state index contributed by atoms with van der Waals surface area (Å²) >= 11 is 0. The first-order chi connectivity index (χ1) is 11.7. The second kappa shape index (κ2) is 7.14. The molecule has 24 heavy (non-hydrogen) atoms. The Morgan fingerprint density at radius 1 is 1.17 bits per heavy atom. The highest BCUT2D eigenvalue weighted by Crippen LogP contribution is 2.24. The molecule has 2 aromatic heterocycles. The molecule has 0 fully saturated rings. The normalized spacial score (nSPS) is 10.8. The number of aromatic nitrogens is 3. The second-order valence-corrected chi connectivity index (χ2v) is 5.34. The van der Waals surface area contributed by atoms with Gasteiger partial charge in [0.15, 0.2) is 6.29 Å². The molecule has 0 atom stereocenters. The lowest BCUT2D eigenvalue weighted by Gasteiger charge is -2.04. The van der Waals surface area contributed by atoms with Gasteiger partial charge in [0.2, 0.25) is 0 Å². The zero-order valence-electron chi connectivity index (χ0n) is 13.2. The quantitative estimate of drug-likeness (QED) is 0.708. The maximum Gasteiger partial charge on any atom is 0.168 e. The molecular weight excluding hydrogens is 307 g/mol. The van der Waals surface area contributed by atoms with Crippen molar-refractivity contribution < 1.29 is 9.18 Å². The van der Waals surface area contributed by atoms with Crippen LogP contribution in [0.1, 0.15) is 10.5 Å². The van der Waals surface area contributed by atoms with Crippen LogP contribution in [0.15, 0.2) is 48.7 Å². The van der Waals surface area contributed by atoms with Gasteiger partial charge in [0.1, 0.15) is 11.5 Å². The lowest BCUT2D eigenvalue weighted by Crippen LogP contribution is -2.17. The summed E-state index contributed by atoms with van der Waals surface area (Å²) in [5, 5.41) is 7.51. The molecule has 0 bridgehead atoms. The molecule has 0 radical (unpaired) electrons. The third-order valence-corrected chi connectivity index (χ3v) is 3.68. The van der Waals surface area contributed by atoms with Crippen LogP contribution in [0.4, 0.5) is 4.39 Å². The van der Waals surface area contributed by atoms with Gasteiger partial charge < -0.3 is 5.32 Å². The molecule has 6 heteroatoms. The lowest BCUT2D eigenvalue weighted by atomic mass is 10.1. The van der Waals surface area contributed by atoms with Gasteiger partial charge >= 0.3 is 0 Å². The molecule has 0 aliphatic heterocycles. The number of nitrogens with zero attached hydrogens (tertiary/aromatic N) is 3. The minimum atomic E-state index is -0.306. The molecule has 0 saturated heterocycles. The van der Waals surface area contributed by atoms with Gasteiger partial charge in [-0.2, -0.15) is 5.10 Å². The van der Waals surface area contributed by atoms with Gasteiger partial charge in [-0.15, -0.1) is 0 Å². The van der Waals surface area contributed by atoms with E-state index < -0.39 is 0 Å². The fourth-order valence-electron chi connectivity index (χ4n) is 2.46. The van der Waals surface area contributed by atoms with E-state index in [2.05, 4.69) is 15.4 Å². The smallest absolute Gasteiger partial charge is 0.168 e. The molecule has 1 N–H and O–H groups in total. The van der Waals surface area contributed by atoms with Gasteiger partial charge in [-0.1, -0.05) is 12.1 Å². The van der Waals surface area contributed by atoms with Gasteiger partial charge in [-0.05, 0) is 37.4 Å². The topological polar surface area (TPSA) is 59.8 Å². The van der Waals surface area contributed by atoms with E-state index in [1.165, 1.54) is 12.1 Å². The average molecular weight is 324 g/mol. The Bertz CT molecular complexity index is 860. The Hall–Kier alpha value is -2.86. The Kier molecular flexibility index (Phi) is 4.77. The van der Waals surface area contributed by atoms with E-state index in [0.717, 1.165) is 11.8 Å². The number of carbonyl (C=O) groups excluding carboxylic acids is 1. The Morgan fingerprint density at radius 3 is 2.75 bits per heavy atom. The first-order valence-corrected chi connectivity index (χ1v) is 7.61. The molecular formula is C18H17FN4O. The molecule has 0 aliphatic carbocycles. The van der Waals surface area contributed by atoms with Gasteiger partial charge in [0.05, 0.1) is 17.9 Å². The van der Waals surface area contributed by atoms with E-state index in [1.807, 2.05) is 19.2 Å².